The Labute approximate surface area is 213 Å². The van der Waals surface area contributed by atoms with E-state index in [-0.39, 0.29) is 0 Å². The standard InChI is InChI=1S/C30H26O4Si2/c31-35(27-13-5-1-6-14-27,28-15-7-2-8-16-28)33-25-21-23-26(24-22-25)34-36(32,29-17-9-3-10-18-29)30-19-11-4-12-20-30/h1-24,31-32H. The Morgan fingerprint density at radius 3 is 0.778 bits per heavy atom. The van der Waals surface area contributed by atoms with Crippen molar-refractivity contribution in [3.05, 3.63) is 146 Å². The molecule has 0 fully saturated rings. The summed E-state index contributed by atoms with van der Waals surface area (Å²) in [4.78, 5) is 23.6. The fourth-order valence-electron chi connectivity index (χ4n) is 4.14. The van der Waals surface area contributed by atoms with Crippen LogP contribution in [0.4, 0.5) is 0 Å². The third kappa shape index (κ3) is 4.89. The van der Waals surface area contributed by atoms with Crippen molar-refractivity contribution in [2.45, 2.75) is 0 Å². The molecule has 0 amide bonds. The van der Waals surface area contributed by atoms with Gasteiger partial charge in [-0.2, -0.15) is 0 Å². The van der Waals surface area contributed by atoms with Gasteiger partial charge in [-0.25, -0.2) is 0 Å². The highest BCUT2D eigenvalue weighted by atomic mass is 28.4. The number of hydrogen-bond donors (Lipinski definition) is 2. The summed E-state index contributed by atoms with van der Waals surface area (Å²) in [7, 11) is -6.99. The van der Waals surface area contributed by atoms with Crippen LogP contribution in [0, 0.1) is 0 Å². The average Bonchev–Trinajstić information content (AvgIpc) is 2.96. The molecule has 0 saturated heterocycles. The molecule has 0 heterocycles. The number of hydrogen-bond acceptors (Lipinski definition) is 4. The zero-order valence-corrected chi connectivity index (χ0v) is 21.6. The second-order valence-electron chi connectivity index (χ2n) is 8.43. The molecule has 0 aliphatic carbocycles. The van der Waals surface area contributed by atoms with Crippen LogP contribution < -0.4 is 29.6 Å². The molecule has 178 valence electrons. The summed E-state index contributed by atoms with van der Waals surface area (Å²) in [6.07, 6.45) is 0. The highest BCUT2D eigenvalue weighted by molar-refractivity contribution is 6.92. The van der Waals surface area contributed by atoms with Crippen molar-refractivity contribution >= 4 is 37.9 Å². The Kier molecular flexibility index (Phi) is 6.84. The summed E-state index contributed by atoms with van der Waals surface area (Å²) in [5.74, 6) is 1.04. The van der Waals surface area contributed by atoms with Crippen LogP contribution in [-0.4, -0.2) is 26.7 Å². The van der Waals surface area contributed by atoms with E-state index in [0.29, 0.717) is 11.5 Å². The Bertz CT molecular complexity index is 1190. The Hall–Kier alpha value is -3.95. The van der Waals surface area contributed by atoms with Crippen LogP contribution in [0.25, 0.3) is 0 Å². The van der Waals surface area contributed by atoms with E-state index >= 15 is 0 Å². The van der Waals surface area contributed by atoms with Crippen molar-refractivity contribution in [1.82, 2.24) is 0 Å². The molecule has 0 radical (unpaired) electrons. The van der Waals surface area contributed by atoms with Crippen molar-refractivity contribution in [3.8, 4) is 11.5 Å². The van der Waals surface area contributed by atoms with Crippen molar-refractivity contribution in [1.29, 1.82) is 0 Å². The molecule has 2 N–H and O–H groups in total. The van der Waals surface area contributed by atoms with Crippen LogP contribution in [0.3, 0.4) is 0 Å². The lowest BCUT2D eigenvalue weighted by Crippen LogP contribution is -2.64. The average molecular weight is 507 g/mol. The molecule has 0 unspecified atom stereocenters. The lowest BCUT2D eigenvalue weighted by Gasteiger charge is -2.28. The second kappa shape index (κ2) is 10.4. The third-order valence-electron chi connectivity index (χ3n) is 6.02. The van der Waals surface area contributed by atoms with Gasteiger partial charge in [0.2, 0.25) is 0 Å². The summed E-state index contributed by atoms with van der Waals surface area (Å²) >= 11 is 0. The normalized spacial score (nSPS) is 11.6. The molecular formula is C30H26O4Si2. The van der Waals surface area contributed by atoms with Gasteiger partial charge in [-0.05, 0) is 24.3 Å². The third-order valence-corrected chi connectivity index (χ3v) is 11.5. The first-order chi connectivity index (χ1) is 17.6. The summed E-state index contributed by atoms with van der Waals surface area (Å²) in [5.41, 5.74) is 0. The molecule has 0 aromatic heterocycles. The molecule has 6 heteroatoms. The zero-order valence-electron chi connectivity index (χ0n) is 19.6. The molecule has 0 spiro atoms. The van der Waals surface area contributed by atoms with Crippen LogP contribution in [0.5, 0.6) is 11.5 Å². The largest absolute Gasteiger partial charge is 0.514 e. The molecule has 5 rings (SSSR count). The topological polar surface area (TPSA) is 58.9 Å². The van der Waals surface area contributed by atoms with Gasteiger partial charge >= 0.3 is 17.1 Å². The van der Waals surface area contributed by atoms with Crippen LogP contribution in [-0.2, 0) is 0 Å². The molecular weight excluding hydrogens is 480 g/mol. The molecule has 0 saturated carbocycles. The Morgan fingerprint density at radius 1 is 0.333 bits per heavy atom. The molecule has 0 bridgehead atoms. The van der Waals surface area contributed by atoms with Crippen LogP contribution in [0.1, 0.15) is 0 Å². The first-order valence-corrected chi connectivity index (χ1v) is 15.4. The van der Waals surface area contributed by atoms with E-state index in [0.717, 1.165) is 20.7 Å². The van der Waals surface area contributed by atoms with Crippen molar-refractivity contribution in [3.63, 3.8) is 0 Å². The number of benzene rings is 5. The van der Waals surface area contributed by atoms with Gasteiger partial charge in [-0.1, -0.05) is 121 Å². The maximum Gasteiger partial charge on any atom is 0.465 e. The monoisotopic (exact) mass is 506 g/mol. The predicted octanol–water partition coefficient (Wildman–Crippen LogP) is 2.94. The van der Waals surface area contributed by atoms with E-state index in [1.54, 1.807) is 24.3 Å². The van der Waals surface area contributed by atoms with Gasteiger partial charge in [-0.15, -0.1) is 0 Å². The maximum absolute atomic E-state index is 11.8. The SMILES string of the molecule is O[Si](Oc1ccc(O[Si](O)(c2ccccc2)c2ccccc2)cc1)(c1ccccc1)c1ccccc1. The summed E-state index contributed by atoms with van der Waals surface area (Å²) in [6.45, 7) is 0. The first-order valence-electron chi connectivity index (χ1n) is 11.7. The van der Waals surface area contributed by atoms with Gasteiger partial charge in [0.25, 0.3) is 0 Å². The van der Waals surface area contributed by atoms with Gasteiger partial charge in [0.15, 0.2) is 0 Å². The Morgan fingerprint density at radius 2 is 0.556 bits per heavy atom. The second-order valence-corrected chi connectivity index (χ2v) is 13.7. The highest BCUT2D eigenvalue weighted by Gasteiger charge is 2.42. The van der Waals surface area contributed by atoms with E-state index < -0.39 is 17.1 Å². The molecule has 0 atom stereocenters. The van der Waals surface area contributed by atoms with Crippen molar-refractivity contribution < 1.29 is 18.4 Å². The van der Waals surface area contributed by atoms with Crippen molar-refractivity contribution in [2.75, 3.05) is 0 Å². The van der Waals surface area contributed by atoms with E-state index in [1.165, 1.54) is 0 Å². The van der Waals surface area contributed by atoms with Gasteiger partial charge in [0, 0.05) is 20.7 Å². The lowest BCUT2D eigenvalue weighted by atomic mass is 10.3. The van der Waals surface area contributed by atoms with E-state index in [1.807, 2.05) is 121 Å². The predicted molar refractivity (Wildman–Crippen MR) is 148 cm³/mol. The van der Waals surface area contributed by atoms with Gasteiger partial charge in [0.05, 0.1) is 0 Å². The molecule has 0 aliphatic heterocycles. The van der Waals surface area contributed by atoms with Crippen LogP contribution >= 0.6 is 0 Å². The molecule has 5 aromatic rings. The smallest absolute Gasteiger partial charge is 0.465 e. The fourth-order valence-corrected chi connectivity index (χ4v) is 8.81. The summed E-state index contributed by atoms with van der Waals surface area (Å²) in [6, 6.07) is 45.0. The van der Waals surface area contributed by atoms with E-state index in [4.69, 9.17) is 8.85 Å². The van der Waals surface area contributed by atoms with Gasteiger partial charge < -0.3 is 18.4 Å². The minimum atomic E-state index is -3.49. The van der Waals surface area contributed by atoms with Gasteiger partial charge in [0.1, 0.15) is 11.5 Å². The maximum atomic E-state index is 11.8. The number of rotatable bonds is 8. The molecule has 0 aliphatic rings. The van der Waals surface area contributed by atoms with Gasteiger partial charge in [-0.3, -0.25) is 0 Å². The fraction of sp³-hybridized carbons (Fsp3) is 0. The van der Waals surface area contributed by atoms with Crippen LogP contribution in [0.2, 0.25) is 0 Å². The highest BCUT2D eigenvalue weighted by Crippen LogP contribution is 2.22. The van der Waals surface area contributed by atoms with E-state index in [2.05, 4.69) is 0 Å². The van der Waals surface area contributed by atoms with Crippen LogP contribution in [0.15, 0.2) is 146 Å². The molecule has 4 nitrogen and oxygen atoms in total. The summed E-state index contributed by atoms with van der Waals surface area (Å²) < 4.78 is 12.6. The quantitative estimate of drug-likeness (QED) is 0.318. The summed E-state index contributed by atoms with van der Waals surface area (Å²) in [5, 5.41) is 3.02. The molecule has 36 heavy (non-hydrogen) atoms. The Balaban J connectivity index is 1.45. The van der Waals surface area contributed by atoms with Crippen molar-refractivity contribution in [2.24, 2.45) is 0 Å². The zero-order chi connectivity index (χ0) is 24.8. The first kappa shape index (κ1) is 23.8. The van der Waals surface area contributed by atoms with E-state index in [9.17, 15) is 9.59 Å². The minimum absolute atomic E-state index is 0.522. The molecule has 5 aromatic carbocycles. The minimum Gasteiger partial charge on any atom is -0.514 e. The lowest BCUT2D eigenvalue weighted by molar-refractivity contribution is 0.402.